The lowest BCUT2D eigenvalue weighted by Gasteiger charge is -2.47. The number of aliphatic hydroxyl groups excluding tert-OH is 1. The van der Waals surface area contributed by atoms with Gasteiger partial charge in [-0.1, -0.05) is 20.1 Å². The zero-order valence-corrected chi connectivity index (χ0v) is 30.8. The van der Waals surface area contributed by atoms with Gasteiger partial charge in [0, 0.05) is 58.1 Å². The Labute approximate surface area is 307 Å². The van der Waals surface area contributed by atoms with E-state index in [-0.39, 0.29) is 122 Å². The highest BCUT2D eigenvalue weighted by molar-refractivity contribution is 5.79. The monoisotopic (exact) mass is 729 g/mol. The molecule has 2 unspecified atom stereocenters. The largest absolute Gasteiger partial charge is 0.392 e. The minimum Gasteiger partial charge on any atom is -0.392 e. The highest BCUT2D eigenvalue weighted by atomic mass is 16.8. The van der Waals surface area contributed by atoms with Crippen molar-refractivity contribution in [1.29, 1.82) is 0 Å². The van der Waals surface area contributed by atoms with Crippen molar-refractivity contribution in [3.05, 3.63) is 24.3 Å². The summed E-state index contributed by atoms with van der Waals surface area (Å²) in [7, 11) is 1.66. The van der Waals surface area contributed by atoms with Gasteiger partial charge < -0.3 is 53.5 Å². The Hall–Kier alpha value is -1.29. The molecule has 0 saturated carbocycles. The highest BCUT2D eigenvalue weighted by Gasteiger charge is 2.68. The fraction of sp³-hybridized carbons (Fsp3) is 0.875. The number of Topliss-reactive ketones (excluding diaryl/α,β-unsaturated/α-hetero) is 1. The topological polar surface area (TPSA) is 146 Å². The molecule has 1 spiro atoms. The van der Waals surface area contributed by atoms with E-state index in [4.69, 9.17) is 48.4 Å². The minimum atomic E-state index is -0.780. The van der Waals surface area contributed by atoms with Gasteiger partial charge in [-0.15, -0.1) is 0 Å². The van der Waals surface area contributed by atoms with Gasteiger partial charge in [0.15, 0.2) is 5.79 Å². The van der Waals surface area contributed by atoms with Crippen LogP contribution in [-0.4, -0.2) is 128 Å². The normalized spacial score (nSPS) is 52.4. The van der Waals surface area contributed by atoms with E-state index in [1.807, 2.05) is 0 Å². The van der Waals surface area contributed by atoms with Crippen molar-refractivity contribution >= 4 is 5.78 Å². The molecular formula is C40H59NO11. The highest BCUT2D eigenvalue weighted by Crippen LogP contribution is 2.54. The molecule has 10 fully saturated rings. The van der Waals surface area contributed by atoms with Crippen LogP contribution in [0.5, 0.6) is 0 Å². The second-order valence-electron chi connectivity index (χ2n) is 17.4. The van der Waals surface area contributed by atoms with Gasteiger partial charge in [-0.2, -0.15) is 0 Å². The first-order valence-corrected chi connectivity index (χ1v) is 20.2. The van der Waals surface area contributed by atoms with Gasteiger partial charge in [0.1, 0.15) is 36.3 Å². The predicted molar refractivity (Wildman–Crippen MR) is 186 cm³/mol. The number of nitrogens with two attached hydrogens (primary N) is 1. The van der Waals surface area contributed by atoms with Crippen LogP contribution in [0.4, 0.5) is 0 Å². The van der Waals surface area contributed by atoms with E-state index in [1.165, 1.54) is 0 Å². The number of aliphatic hydroxyl groups is 1. The molecule has 3 N–H and O–H groups in total. The van der Waals surface area contributed by atoms with Gasteiger partial charge in [0.2, 0.25) is 0 Å². The molecule has 10 aliphatic rings. The second-order valence-corrected chi connectivity index (χ2v) is 17.4. The SMILES string of the molecule is C=C1C2C[C@@H]3O[C@H](C[C@H](O)CN)[C@H](OC)C3CC(=O)C[C@H]3CC[C@@H]4O[C@@H]5[C@H]6O[C@H]7C[C@](CC[C@H]8CC(=C)[C@H](CC[C@@H](C[C@H]1C)O2)O8)(O[C@H]6[C@H]4O3)O[C@H]57. The van der Waals surface area contributed by atoms with Crippen LogP contribution in [0, 0.1) is 11.8 Å². The fourth-order valence-corrected chi connectivity index (χ4v) is 11.3. The number of carbonyl (C=O) groups is 1. The number of fused-ring (bicyclic) bond motifs is 6. The van der Waals surface area contributed by atoms with E-state index >= 15 is 0 Å². The molecule has 0 aromatic heterocycles. The molecule has 19 atom stereocenters. The van der Waals surface area contributed by atoms with Crippen LogP contribution in [0.25, 0.3) is 0 Å². The predicted octanol–water partition coefficient (Wildman–Crippen LogP) is 3.44. The number of ether oxygens (including phenoxy) is 9. The Balaban J connectivity index is 0.994. The van der Waals surface area contributed by atoms with Gasteiger partial charge in [-0.05, 0) is 62.0 Å². The molecule has 12 nitrogen and oxygen atoms in total. The smallest absolute Gasteiger partial charge is 0.172 e. The molecular weight excluding hydrogens is 670 g/mol. The molecule has 52 heavy (non-hydrogen) atoms. The summed E-state index contributed by atoms with van der Waals surface area (Å²) < 4.78 is 60.0. The van der Waals surface area contributed by atoms with Crippen LogP contribution in [0.1, 0.15) is 90.4 Å². The lowest BCUT2D eigenvalue weighted by molar-refractivity contribution is -0.292. The summed E-state index contributed by atoms with van der Waals surface area (Å²) in [5, 5.41) is 10.5. The van der Waals surface area contributed by atoms with Gasteiger partial charge in [-0.3, -0.25) is 4.79 Å². The van der Waals surface area contributed by atoms with Gasteiger partial charge in [-0.25, -0.2) is 0 Å². The van der Waals surface area contributed by atoms with Crippen molar-refractivity contribution in [2.45, 2.75) is 194 Å². The van der Waals surface area contributed by atoms with Crippen LogP contribution >= 0.6 is 0 Å². The number of hydrogen-bond acceptors (Lipinski definition) is 12. The van der Waals surface area contributed by atoms with Gasteiger partial charge in [0.05, 0.1) is 67.1 Å². The summed E-state index contributed by atoms with van der Waals surface area (Å²) >= 11 is 0. The quantitative estimate of drug-likeness (QED) is 0.409. The summed E-state index contributed by atoms with van der Waals surface area (Å²) in [5.41, 5.74) is 8.01. The Morgan fingerprint density at radius 2 is 1.56 bits per heavy atom. The van der Waals surface area contributed by atoms with Crippen LogP contribution < -0.4 is 5.73 Å². The van der Waals surface area contributed by atoms with E-state index in [0.717, 1.165) is 56.1 Å². The van der Waals surface area contributed by atoms with Crippen molar-refractivity contribution in [3.8, 4) is 0 Å². The molecule has 10 rings (SSSR count). The molecule has 0 aromatic rings. The summed E-state index contributed by atoms with van der Waals surface area (Å²) in [6.07, 6.45) is 4.85. The number of ketones is 1. The van der Waals surface area contributed by atoms with Crippen LogP contribution in [0.15, 0.2) is 24.3 Å². The molecule has 0 aliphatic carbocycles. The van der Waals surface area contributed by atoms with Gasteiger partial charge >= 0.3 is 0 Å². The maximum Gasteiger partial charge on any atom is 0.172 e. The summed E-state index contributed by atoms with van der Waals surface area (Å²) in [6.45, 7) is 11.3. The lowest BCUT2D eigenvalue weighted by Crippen LogP contribution is -2.61. The number of rotatable bonds is 4. The molecule has 290 valence electrons. The number of hydrogen-bond donors (Lipinski definition) is 2. The molecule has 0 aromatic carbocycles. The molecule has 12 heteroatoms. The van der Waals surface area contributed by atoms with Crippen LogP contribution in [-0.2, 0) is 47.4 Å². The lowest BCUT2D eigenvalue weighted by atomic mass is 9.81. The Morgan fingerprint density at radius 1 is 0.808 bits per heavy atom. The van der Waals surface area contributed by atoms with Crippen molar-refractivity contribution in [3.63, 3.8) is 0 Å². The van der Waals surface area contributed by atoms with Crippen LogP contribution in [0.2, 0.25) is 0 Å². The molecule has 10 heterocycles. The first kappa shape index (κ1) is 36.4. The average molecular weight is 730 g/mol. The fourth-order valence-electron chi connectivity index (χ4n) is 11.3. The standard InChI is InChI=1S/C40H59NO11/c1-19-11-24-5-7-28-20(2)12-26(45-28)9-10-40-17-33-36(51-40)37-38(50-33)39(52-40)35-29(49-37)8-6-25(47-35)13-22(42)14-27-31(16-30(46-24)21(19)3)48-32(34(27)44-4)15-23(43)18-41/h19,23-39,43H,2-3,5-18,41H2,1,4H3/t19-,23+,24+,25-,26+,27?,28+,29+,30?,31+,32-,33+,34-,35+,36+,37+,38-,39+,40+/m1/s1. The zero-order chi connectivity index (χ0) is 35.9. The number of methoxy groups -OCH3 is 1. The van der Waals surface area contributed by atoms with Crippen molar-refractivity contribution in [2.24, 2.45) is 17.6 Å². The van der Waals surface area contributed by atoms with Crippen LogP contribution in [0.3, 0.4) is 0 Å². The Kier molecular flexibility index (Phi) is 10.0. The third-order valence-electron chi connectivity index (χ3n) is 14.0. The van der Waals surface area contributed by atoms with E-state index in [9.17, 15) is 9.90 Å². The van der Waals surface area contributed by atoms with E-state index in [0.29, 0.717) is 25.7 Å². The molecule has 10 aliphatic heterocycles. The third kappa shape index (κ3) is 6.59. The zero-order valence-electron chi connectivity index (χ0n) is 30.8. The maximum absolute atomic E-state index is 14.1. The minimum absolute atomic E-state index is 0.0158. The summed E-state index contributed by atoms with van der Waals surface area (Å²) in [6, 6.07) is 0. The van der Waals surface area contributed by atoms with Crippen molar-refractivity contribution in [2.75, 3.05) is 13.7 Å². The molecule has 0 amide bonds. The van der Waals surface area contributed by atoms with Gasteiger partial charge in [0.25, 0.3) is 0 Å². The maximum atomic E-state index is 14.1. The molecule has 10 saturated heterocycles. The Morgan fingerprint density at radius 3 is 2.38 bits per heavy atom. The first-order chi connectivity index (χ1) is 25.1. The van der Waals surface area contributed by atoms with Crippen molar-refractivity contribution in [1.82, 2.24) is 0 Å². The first-order valence-electron chi connectivity index (χ1n) is 20.2. The summed E-state index contributed by atoms with van der Waals surface area (Å²) in [4.78, 5) is 14.1. The van der Waals surface area contributed by atoms with E-state index in [2.05, 4.69) is 20.1 Å². The molecule has 0 radical (unpaired) electrons. The second kappa shape index (κ2) is 14.3. The third-order valence-corrected chi connectivity index (χ3v) is 14.0. The van der Waals surface area contributed by atoms with Crippen molar-refractivity contribution < 1.29 is 52.5 Å². The molecule has 12 bridgehead atoms. The summed E-state index contributed by atoms with van der Waals surface area (Å²) in [5.74, 6) is -0.619. The van der Waals surface area contributed by atoms with E-state index in [1.54, 1.807) is 7.11 Å². The Bertz CT molecular complexity index is 1380. The number of carbonyl (C=O) groups excluding carboxylic acids is 1. The van der Waals surface area contributed by atoms with E-state index < -0.39 is 18.0 Å². The average Bonchev–Trinajstić information content (AvgIpc) is 3.79.